The van der Waals surface area contributed by atoms with Crippen LogP contribution in [0, 0.1) is 17.2 Å². The van der Waals surface area contributed by atoms with Crippen molar-refractivity contribution in [2.24, 2.45) is 5.92 Å². The Hall–Kier alpha value is -3.58. The fraction of sp³-hybridized carbons (Fsp3) is 0.438. The van der Waals surface area contributed by atoms with Gasteiger partial charge in [0.15, 0.2) is 0 Å². The lowest BCUT2D eigenvalue weighted by molar-refractivity contribution is 0.254. The Morgan fingerprint density at radius 1 is 1.22 bits per heavy atom. The average molecular weight is 565 g/mol. The molecule has 0 spiro atoms. The van der Waals surface area contributed by atoms with E-state index in [1.165, 1.54) is 15.9 Å². The molecule has 3 fully saturated rings. The third kappa shape index (κ3) is 4.19. The maximum atomic E-state index is 12.9. The maximum absolute atomic E-state index is 12.9. The molecular weight excluding hydrogens is 532 g/mol. The molecule has 208 valence electrons. The summed E-state index contributed by atoms with van der Waals surface area (Å²) in [6.07, 6.45) is 7.98. The van der Waals surface area contributed by atoms with E-state index < -0.39 is 0 Å². The zero-order valence-electron chi connectivity index (χ0n) is 23.0. The Kier molecular flexibility index (Phi) is 5.65. The smallest absolute Gasteiger partial charge is 0.267 e. The van der Waals surface area contributed by atoms with Crippen molar-refractivity contribution in [1.82, 2.24) is 20.1 Å². The van der Waals surface area contributed by atoms with Crippen molar-refractivity contribution in [2.75, 3.05) is 24.6 Å². The van der Waals surface area contributed by atoms with Crippen LogP contribution in [0.3, 0.4) is 0 Å². The summed E-state index contributed by atoms with van der Waals surface area (Å²) in [5.41, 5.74) is 7.32. The van der Waals surface area contributed by atoms with E-state index in [9.17, 15) is 15.2 Å². The second kappa shape index (κ2) is 9.21. The molecule has 4 aromatic rings. The molecule has 4 aliphatic rings. The Balaban J connectivity index is 1.21. The largest absolute Gasteiger partial charge is 0.395 e. The number of nitrogens with one attached hydrogen (secondary N) is 1. The fourth-order valence-corrected chi connectivity index (χ4v) is 8.12. The van der Waals surface area contributed by atoms with Crippen molar-refractivity contribution >= 4 is 27.2 Å². The first-order chi connectivity index (χ1) is 19.9. The lowest BCUT2D eigenvalue weighted by Crippen LogP contribution is -2.41. The molecule has 8 nitrogen and oxygen atoms in total. The monoisotopic (exact) mass is 564 g/mol. The van der Waals surface area contributed by atoms with Crippen LogP contribution in [-0.2, 0) is 12.0 Å². The normalized spacial score (nSPS) is 25.5. The summed E-state index contributed by atoms with van der Waals surface area (Å²) in [7, 11) is 0. The molecule has 0 unspecified atom stereocenters. The van der Waals surface area contributed by atoms with E-state index in [1.54, 1.807) is 17.4 Å². The zero-order chi connectivity index (χ0) is 27.9. The quantitative estimate of drug-likeness (QED) is 0.363. The molecule has 9 heteroatoms. The predicted molar refractivity (Wildman–Crippen MR) is 159 cm³/mol. The lowest BCUT2D eigenvalue weighted by atomic mass is 9.90. The van der Waals surface area contributed by atoms with Gasteiger partial charge in [-0.2, -0.15) is 10.4 Å². The summed E-state index contributed by atoms with van der Waals surface area (Å²) in [6, 6.07) is 12.9. The standard InChI is InChI=1S/C32H32N6O2S/c1-32(3-4-32)20-9-29(40)38(36-13-20)16-23-11-28-31(41-23)24(2-5-34-28)26-6-18(12-33)7-27-25-8-19(25)15-37(30(26)27)22-10-21(17-39)35-14-22/h2,5-7,9,11,13,19,21-22,25,35,39H,3-4,8,10,14-17H2,1H3/t19-,21-,22+,25-/m1/s1. The molecule has 1 saturated heterocycles. The first-order valence-corrected chi connectivity index (χ1v) is 15.4. The molecule has 41 heavy (non-hydrogen) atoms. The van der Waals surface area contributed by atoms with E-state index in [0.717, 1.165) is 70.6 Å². The number of aromatic nitrogens is 3. The van der Waals surface area contributed by atoms with Gasteiger partial charge in [-0.1, -0.05) is 6.92 Å². The van der Waals surface area contributed by atoms with E-state index in [0.29, 0.717) is 30.0 Å². The number of aliphatic hydroxyl groups excluding tert-OH is 1. The van der Waals surface area contributed by atoms with Gasteiger partial charge in [0.25, 0.3) is 5.56 Å². The van der Waals surface area contributed by atoms with E-state index in [-0.39, 0.29) is 23.6 Å². The molecule has 5 heterocycles. The molecule has 4 atom stereocenters. The molecule has 2 aliphatic heterocycles. The predicted octanol–water partition coefficient (Wildman–Crippen LogP) is 4.14. The SMILES string of the molecule is CC1(c2cnn(Cc3cc4nccc(-c5cc(C#N)cc6c5N([C@@H]5CN[C@@H](CO)C5)C[C@H]5C[C@@H]65)c4s3)c(=O)c2)CC1. The van der Waals surface area contributed by atoms with Gasteiger partial charge in [0.05, 0.1) is 41.2 Å². The van der Waals surface area contributed by atoms with Crippen LogP contribution in [-0.4, -0.2) is 51.7 Å². The summed E-state index contributed by atoms with van der Waals surface area (Å²) in [6.45, 7) is 4.58. The van der Waals surface area contributed by atoms with Gasteiger partial charge < -0.3 is 15.3 Å². The maximum Gasteiger partial charge on any atom is 0.267 e. The van der Waals surface area contributed by atoms with Crippen LogP contribution in [0.25, 0.3) is 21.3 Å². The zero-order valence-corrected chi connectivity index (χ0v) is 23.8. The molecule has 3 aromatic heterocycles. The molecule has 8 rings (SSSR count). The fourth-order valence-electron chi connectivity index (χ4n) is 6.99. The molecule has 0 radical (unpaired) electrons. The number of thiophene rings is 1. The van der Waals surface area contributed by atoms with Crippen molar-refractivity contribution in [3.8, 4) is 17.2 Å². The Bertz CT molecular complexity index is 1800. The minimum Gasteiger partial charge on any atom is -0.395 e. The molecule has 2 saturated carbocycles. The van der Waals surface area contributed by atoms with E-state index in [4.69, 9.17) is 0 Å². The van der Waals surface area contributed by atoms with Crippen LogP contribution in [0.4, 0.5) is 5.69 Å². The van der Waals surface area contributed by atoms with Gasteiger partial charge in [0.2, 0.25) is 0 Å². The van der Waals surface area contributed by atoms with E-state index in [1.807, 2.05) is 18.5 Å². The number of hydrogen-bond acceptors (Lipinski definition) is 8. The van der Waals surface area contributed by atoms with Gasteiger partial charge in [-0.15, -0.1) is 11.3 Å². The molecule has 0 bridgehead atoms. The van der Waals surface area contributed by atoms with E-state index in [2.05, 4.69) is 51.5 Å². The van der Waals surface area contributed by atoms with Crippen LogP contribution in [0.15, 0.2) is 47.5 Å². The van der Waals surface area contributed by atoms with Crippen LogP contribution in [0.5, 0.6) is 0 Å². The van der Waals surface area contributed by atoms with Crippen LogP contribution in [0.1, 0.15) is 60.1 Å². The van der Waals surface area contributed by atoms with Gasteiger partial charge in [-0.25, -0.2) is 4.68 Å². The van der Waals surface area contributed by atoms with Crippen molar-refractivity contribution in [2.45, 2.75) is 62.6 Å². The van der Waals surface area contributed by atoms with Crippen molar-refractivity contribution in [3.05, 3.63) is 74.6 Å². The second-order valence-corrected chi connectivity index (χ2v) is 13.7. The van der Waals surface area contributed by atoms with Gasteiger partial charge in [-0.3, -0.25) is 9.78 Å². The number of aliphatic hydroxyl groups is 1. The summed E-state index contributed by atoms with van der Waals surface area (Å²) in [5, 5.41) is 27.8. The highest BCUT2D eigenvalue weighted by molar-refractivity contribution is 7.19. The molecular formula is C32H32N6O2S. The van der Waals surface area contributed by atoms with Crippen LogP contribution >= 0.6 is 11.3 Å². The number of anilines is 1. The van der Waals surface area contributed by atoms with Crippen LogP contribution in [0.2, 0.25) is 0 Å². The summed E-state index contributed by atoms with van der Waals surface area (Å²) in [5.74, 6) is 1.13. The van der Waals surface area contributed by atoms with Gasteiger partial charge in [-0.05, 0) is 78.3 Å². The number of hydrogen-bond donors (Lipinski definition) is 2. The highest BCUT2D eigenvalue weighted by atomic mass is 32.1. The molecule has 1 aromatic carbocycles. The van der Waals surface area contributed by atoms with Crippen molar-refractivity contribution in [1.29, 1.82) is 5.26 Å². The van der Waals surface area contributed by atoms with Crippen molar-refractivity contribution in [3.63, 3.8) is 0 Å². The Labute approximate surface area is 242 Å². The Morgan fingerprint density at radius 3 is 2.85 bits per heavy atom. The molecule has 2 N–H and O–H groups in total. The van der Waals surface area contributed by atoms with Crippen LogP contribution < -0.4 is 15.8 Å². The summed E-state index contributed by atoms with van der Waals surface area (Å²) in [4.78, 5) is 21.2. The third-order valence-electron chi connectivity index (χ3n) is 9.79. The first-order valence-electron chi connectivity index (χ1n) is 14.6. The number of nitriles is 1. The third-order valence-corrected chi connectivity index (χ3v) is 10.9. The van der Waals surface area contributed by atoms with Gasteiger partial charge in [0, 0.05) is 59.1 Å². The average Bonchev–Trinajstić information content (AvgIpc) is 3.83. The topological polar surface area (TPSA) is 107 Å². The van der Waals surface area contributed by atoms with Crippen molar-refractivity contribution < 1.29 is 5.11 Å². The summed E-state index contributed by atoms with van der Waals surface area (Å²) >= 11 is 1.65. The number of nitrogens with zero attached hydrogens (tertiary/aromatic N) is 5. The molecule has 0 amide bonds. The Morgan fingerprint density at radius 2 is 2.10 bits per heavy atom. The molecule has 2 aliphatic carbocycles. The van der Waals surface area contributed by atoms with E-state index >= 15 is 0 Å². The number of pyridine rings is 1. The highest BCUT2D eigenvalue weighted by Gasteiger charge is 2.48. The van der Waals surface area contributed by atoms with Gasteiger partial charge >= 0.3 is 0 Å². The first kappa shape index (κ1) is 25.2. The number of benzene rings is 1. The number of fused-ring (bicyclic) bond motifs is 4. The lowest BCUT2D eigenvalue weighted by Gasteiger charge is -2.37. The minimum atomic E-state index is -0.0713. The number of rotatable bonds is 6. The minimum absolute atomic E-state index is 0.0713. The summed E-state index contributed by atoms with van der Waals surface area (Å²) < 4.78 is 2.60. The van der Waals surface area contributed by atoms with Gasteiger partial charge in [0.1, 0.15) is 0 Å². The highest BCUT2D eigenvalue weighted by Crippen LogP contribution is 2.58. The second-order valence-electron chi connectivity index (χ2n) is 12.6.